The van der Waals surface area contributed by atoms with Gasteiger partial charge in [0.05, 0.1) is 0 Å². The van der Waals surface area contributed by atoms with Gasteiger partial charge in [0.1, 0.15) is 5.82 Å². The van der Waals surface area contributed by atoms with Crippen LogP contribution in [0.5, 0.6) is 0 Å². The Labute approximate surface area is 93.3 Å². The Morgan fingerprint density at radius 3 is 2.93 bits per heavy atom. The van der Waals surface area contributed by atoms with E-state index in [0.717, 1.165) is 22.8 Å². The van der Waals surface area contributed by atoms with Crippen molar-refractivity contribution in [1.29, 1.82) is 0 Å². The average Bonchev–Trinajstić information content (AvgIpc) is 2.08. The smallest absolute Gasteiger partial charge is 0.126 e. The lowest BCUT2D eigenvalue weighted by Gasteiger charge is -2.25. The second-order valence-corrected chi connectivity index (χ2v) is 4.85. The number of nitrogens with one attached hydrogen (secondary N) is 1. The molecule has 14 heavy (non-hydrogen) atoms. The van der Waals surface area contributed by atoms with Gasteiger partial charge < -0.3 is 5.32 Å². The highest BCUT2D eigenvalue weighted by Crippen LogP contribution is 2.26. The predicted octanol–water partition coefficient (Wildman–Crippen LogP) is 3.36. The van der Waals surface area contributed by atoms with Crippen molar-refractivity contribution in [3.05, 3.63) is 22.3 Å². The summed E-state index contributed by atoms with van der Waals surface area (Å²) >= 11 is 3.44. The summed E-state index contributed by atoms with van der Waals surface area (Å²) in [5.41, 5.74) is 1.23. The first-order valence-corrected chi connectivity index (χ1v) is 5.91. The summed E-state index contributed by atoms with van der Waals surface area (Å²) in [5.74, 6) is 1.87. The van der Waals surface area contributed by atoms with E-state index in [1.54, 1.807) is 0 Å². The number of pyridine rings is 1. The number of hydrogen-bond donors (Lipinski definition) is 1. The molecule has 1 fully saturated rings. The molecule has 0 aromatic carbocycles. The van der Waals surface area contributed by atoms with Gasteiger partial charge in [0.25, 0.3) is 0 Å². The number of nitrogens with zero attached hydrogens (tertiary/aromatic N) is 1. The van der Waals surface area contributed by atoms with Crippen LogP contribution in [0.15, 0.2) is 16.7 Å². The topological polar surface area (TPSA) is 24.9 Å². The highest BCUT2D eigenvalue weighted by atomic mass is 79.9. The van der Waals surface area contributed by atoms with Crippen molar-refractivity contribution in [2.24, 2.45) is 5.92 Å². The summed E-state index contributed by atoms with van der Waals surface area (Å²) in [6, 6.07) is 2.09. The van der Waals surface area contributed by atoms with Gasteiger partial charge in [-0.05, 0) is 53.2 Å². The Balaban J connectivity index is 1.91. The number of aryl methyl sites for hydroxylation is 1. The molecule has 1 aromatic heterocycles. The number of rotatable bonds is 3. The number of hydrogen-bond acceptors (Lipinski definition) is 2. The number of halogens is 1. The lowest BCUT2D eigenvalue weighted by molar-refractivity contribution is 0.333. The summed E-state index contributed by atoms with van der Waals surface area (Å²) in [5, 5.41) is 3.38. The lowest BCUT2D eigenvalue weighted by Crippen LogP contribution is -2.21. The van der Waals surface area contributed by atoms with Crippen LogP contribution in [0.4, 0.5) is 5.82 Å². The first-order valence-electron chi connectivity index (χ1n) is 5.12. The molecule has 0 saturated heterocycles. The molecule has 0 spiro atoms. The Hall–Kier alpha value is -0.570. The van der Waals surface area contributed by atoms with E-state index in [2.05, 4.69) is 39.2 Å². The third kappa shape index (κ3) is 2.27. The van der Waals surface area contributed by atoms with Gasteiger partial charge in [-0.2, -0.15) is 0 Å². The Morgan fingerprint density at radius 2 is 2.36 bits per heavy atom. The van der Waals surface area contributed by atoms with Gasteiger partial charge in [-0.1, -0.05) is 6.42 Å². The molecular weight excluding hydrogens is 240 g/mol. The van der Waals surface area contributed by atoms with Crippen molar-refractivity contribution in [3.63, 3.8) is 0 Å². The predicted molar refractivity (Wildman–Crippen MR) is 62.5 cm³/mol. The van der Waals surface area contributed by atoms with Crippen LogP contribution in [-0.2, 0) is 0 Å². The second-order valence-electron chi connectivity index (χ2n) is 4.00. The molecule has 1 N–H and O–H groups in total. The van der Waals surface area contributed by atoms with E-state index in [1.807, 2.05) is 6.20 Å². The number of anilines is 1. The minimum absolute atomic E-state index is 0.876. The maximum absolute atomic E-state index is 4.31. The summed E-state index contributed by atoms with van der Waals surface area (Å²) in [7, 11) is 0. The number of aromatic nitrogens is 1. The maximum Gasteiger partial charge on any atom is 0.126 e. The summed E-state index contributed by atoms with van der Waals surface area (Å²) < 4.78 is 1.08. The van der Waals surface area contributed by atoms with Crippen molar-refractivity contribution in [1.82, 2.24) is 4.98 Å². The molecule has 1 aliphatic rings. The van der Waals surface area contributed by atoms with E-state index >= 15 is 0 Å². The zero-order valence-corrected chi connectivity index (χ0v) is 9.97. The minimum Gasteiger partial charge on any atom is -0.370 e. The van der Waals surface area contributed by atoms with Gasteiger partial charge in [-0.3, -0.25) is 0 Å². The molecule has 1 aromatic rings. The first-order chi connectivity index (χ1) is 6.75. The molecule has 2 rings (SSSR count). The van der Waals surface area contributed by atoms with Crippen LogP contribution in [0, 0.1) is 12.8 Å². The summed E-state index contributed by atoms with van der Waals surface area (Å²) in [6.45, 7) is 3.16. The molecule has 0 radical (unpaired) electrons. The lowest BCUT2D eigenvalue weighted by atomic mass is 9.85. The molecular formula is C11H15BrN2. The van der Waals surface area contributed by atoms with Crippen molar-refractivity contribution in [2.45, 2.75) is 26.2 Å². The summed E-state index contributed by atoms with van der Waals surface area (Å²) in [4.78, 5) is 4.31. The van der Waals surface area contributed by atoms with Crippen molar-refractivity contribution >= 4 is 21.7 Å². The Morgan fingerprint density at radius 1 is 1.57 bits per heavy atom. The van der Waals surface area contributed by atoms with Crippen LogP contribution >= 0.6 is 15.9 Å². The Kier molecular flexibility index (Phi) is 3.06. The molecule has 2 nitrogen and oxygen atoms in total. The fourth-order valence-electron chi connectivity index (χ4n) is 1.58. The zero-order valence-electron chi connectivity index (χ0n) is 8.39. The third-order valence-electron chi connectivity index (χ3n) is 2.84. The molecule has 0 aliphatic heterocycles. The van der Waals surface area contributed by atoms with Gasteiger partial charge in [0.15, 0.2) is 0 Å². The van der Waals surface area contributed by atoms with E-state index in [1.165, 1.54) is 24.8 Å². The molecule has 1 aliphatic carbocycles. The van der Waals surface area contributed by atoms with Crippen LogP contribution in [0.25, 0.3) is 0 Å². The molecule has 0 bridgehead atoms. The van der Waals surface area contributed by atoms with Crippen LogP contribution in [-0.4, -0.2) is 11.5 Å². The normalized spacial score (nSPS) is 16.4. The zero-order chi connectivity index (χ0) is 9.97. The molecule has 0 atom stereocenters. The molecule has 0 amide bonds. The van der Waals surface area contributed by atoms with Gasteiger partial charge in [-0.15, -0.1) is 0 Å². The standard InChI is InChI=1S/C11H15BrN2/c1-8-5-11(14-7-10(8)12)13-6-9-3-2-4-9/h5,7,9H,2-4,6H2,1H3,(H,13,14). The fourth-order valence-corrected chi connectivity index (χ4v) is 1.80. The van der Waals surface area contributed by atoms with Crippen molar-refractivity contribution in [3.8, 4) is 0 Å². The molecule has 0 unspecified atom stereocenters. The molecule has 76 valence electrons. The second kappa shape index (κ2) is 4.30. The third-order valence-corrected chi connectivity index (χ3v) is 3.67. The van der Waals surface area contributed by atoms with Crippen LogP contribution < -0.4 is 5.32 Å². The average molecular weight is 255 g/mol. The van der Waals surface area contributed by atoms with Crippen molar-refractivity contribution < 1.29 is 0 Å². The molecule has 1 heterocycles. The van der Waals surface area contributed by atoms with Gasteiger partial charge in [-0.25, -0.2) is 4.98 Å². The van der Waals surface area contributed by atoms with Gasteiger partial charge in [0, 0.05) is 17.2 Å². The monoisotopic (exact) mass is 254 g/mol. The SMILES string of the molecule is Cc1cc(NCC2CCC2)ncc1Br. The van der Waals surface area contributed by atoms with Crippen LogP contribution in [0.3, 0.4) is 0 Å². The Bertz CT molecular complexity index is 321. The first kappa shape index (κ1) is 9.97. The van der Waals surface area contributed by atoms with Gasteiger partial charge >= 0.3 is 0 Å². The van der Waals surface area contributed by atoms with Crippen LogP contribution in [0.1, 0.15) is 24.8 Å². The molecule has 3 heteroatoms. The van der Waals surface area contributed by atoms with Crippen molar-refractivity contribution in [2.75, 3.05) is 11.9 Å². The fraction of sp³-hybridized carbons (Fsp3) is 0.545. The van der Waals surface area contributed by atoms with E-state index in [-0.39, 0.29) is 0 Å². The molecule has 1 saturated carbocycles. The van der Waals surface area contributed by atoms with Gasteiger partial charge in [0.2, 0.25) is 0 Å². The quantitative estimate of drug-likeness (QED) is 0.895. The van der Waals surface area contributed by atoms with E-state index in [9.17, 15) is 0 Å². The van der Waals surface area contributed by atoms with E-state index in [4.69, 9.17) is 0 Å². The highest BCUT2D eigenvalue weighted by molar-refractivity contribution is 9.10. The highest BCUT2D eigenvalue weighted by Gasteiger charge is 2.16. The summed E-state index contributed by atoms with van der Waals surface area (Å²) in [6.07, 6.45) is 6.02. The van der Waals surface area contributed by atoms with E-state index in [0.29, 0.717) is 0 Å². The minimum atomic E-state index is 0.876. The van der Waals surface area contributed by atoms with Crippen LogP contribution in [0.2, 0.25) is 0 Å². The largest absolute Gasteiger partial charge is 0.370 e. The maximum atomic E-state index is 4.31. The van der Waals surface area contributed by atoms with E-state index < -0.39 is 0 Å².